The van der Waals surface area contributed by atoms with Crippen molar-refractivity contribution in [3.63, 3.8) is 0 Å². The van der Waals surface area contributed by atoms with Gasteiger partial charge < -0.3 is 19.7 Å². The van der Waals surface area contributed by atoms with E-state index in [0.717, 1.165) is 24.0 Å². The van der Waals surface area contributed by atoms with Gasteiger partial charge in [0.25, 0.3) is 0 Å². The molecule has 1 fully saturated rings. The van der Waals surface area contributed by atoms with Gasteiger partial charge in [-0.3, -0.25) is 9.59 Å². The molecule has 1 saturated heterocycles. The highest BCUT2D eigenvalue weighted by atomic mass is 16.5. The van der Waals surface area contributed by atoms with Crippen LogP contribution in [0.15, 0.2) is 18.2 Å². The molecule has 0 saturated carbocycles. The summed E-state index contributed by atoms with van der Waals surface area (Å²) in [7, 11) is 1.65. The highest BCUT2D eigenvalue weighted by Gasteiger charge is 2.33. The molecule has 2 amide bonds. The van der Waals surface area contributed by atoms with Gasteiger partial charge in [0.15, 0.2) is 0 Å². The zero-order valence-corrected chi connectivity index (χ0v) is 17.7. The van der Waals surface area contributed by atoms with Gasteiger partial charge >= 0.3 is 0 Å². The van der Waals surface area contributed by atoms with Crippen LogP contribution in [0.3, 0.4) is 0 Å². The van der Waals surface area contributed by atoms with Crippen LogP contribution in [0.4, 0.5) is 0 Å². The van der Waals surface area contributed by atoms with E-state index in [-0.39, 0.29) is 17.7 Å². The third-order valence-corrected chi connectivity index (χ3v) is 4.90. The summed E-state index contributed by atoms with van der Waals surface area (Å²) in [6.45, 7) is 6.11. The van der Waals surface area contributed by atoms with Crippen LogP contribution < -0.4 is 10.1 Å². The topological polar surface area (TPSA) is 67.9 Å². The van der Waals surface area contributed by atoms with Crippen LogP contribution in [0, 0.1) is 18.3 Å². The van der Waals surface area contributed by atoms with Crippen LogP contribution in [0.5, 0.6) is 5.75 Å². The Morgan fingerprint density at radius 3 is 2.83 bits per heavy atom. The number of ether oxygens (including phenoxy) is 2. The third-order valence-electron chi connectivity index (χ3n) is 4.90. The van der Waals surface area contributed by atoms with Crippen LogP contribution in [0.1, 0.15) is 50.7 Å². The van der Waals surface area contributed by atoms with Gasteiger partial charge in [0.05, 0.1) is 6.61 Å². The van der Waals surface area contributed by atoms with Crippen LogP contribution in [-0.2, 0) is 20.9 Å². The highest BCUT2D eigenvalue weighted by molar-refractivity contribution is 5.88. The monoisotopic (exact) mass is 400 g/mol. The fourth-order valence-corrected chi connectivity index (χ4v) is 3.41. The number of hydrogen-bond acceptors (Lipinski definition) is 4. The summed E-state index contributed by atoms with van der Waals surface area (Å²) in [6, 6.07) is 5.12. The van der Waals surface area contributed by atoms with Crippen molar-refractivity contribution < 1.29 is 19.1 Å². The van der Waals surface area contributed by atoms with Crippen molar-refractivity contribution in [2.75, 3.05) is 26.9 Å². The first kappa shape index (κ1) is 22.8. The first-order valence-electron chi connectivity index (χ1n) is 10.2. The van der Waals surface area contributed by atoms with Crippen molar-refractivity contribution in [3.05, 3.63) is 29.3 Å². The second-order valence-electron chi connectivity index (χ2n) is 7.72. The minimum absolute atomic E-state index is 0.0539. The third kappa shape index (κ3) is 6.79. The number of likely N-dealkylation sites (tertiary alicyclic amines) is 1. The number of nitrogens with one attached hydrogen (secondary N) is 1. The van der Waals surface area contributed by atoms with E-state index in [0.29, 0.717) is 44.9 Å². The van der Waals surface area contributed by atoms with Crippen molar-refractivity contribution >= 4 is 11.8 Å². The molecule has 1 N–H and O–H groups in total. The van der Waals surface area contributed by atoms with Gasteiger partial charge in [-0.1, -0.05) is 25.8 Å². The van der Waals surface area contributed by atoms with Gasteiger partial charge in [-0.25, -0.2) is 0 Å². The van der Waals surface area contributed by atoms with Gasteiger partial charge in [-0.2, -0.15) is 0 Å². The Hall–Kier alpha value is -2.52. The number of amides is 2. The van der Waals surface area contributed by atoms with Crippen LogP contribution in [0.2, 0.25) is 0 Å². The summed E-state index contributed by atoms with van der Waals surface area (Å²) >= 11 is 0. The van der Waals surface area contributed by atoms with E-state index >= 15 is 0 Å². The van der Waals surface area contributed by atoms with Crippen molar-refractivity contribution in [1.29, 1.82) is 0 Å². The van der Waals surface area contributed by atoms with Gasteiger partial charge in [0, 0.05) is 50.8 Å². The molecule has 0 aliphatic carbocycles. The predicted octanol–water partition coefficient (Wildman–Crippen LogP) is 2.74. The fourth-order valence-electron chi connectivity index (χ4n) is 3.41. The Bertz CT molecular complexity index is 739. The molecule has 1 heterocycles. The maximum atomic E-state index is 12.8. The van der Waals surface area contributed by atoms with E-state index in [1.54, 1.807) is 12.0 Å². The average molecular weight is 401 g/mol. The second kappa shape index (κ2) is 11.5. The highest BCUT2D eigenvalue weighted by Crippen LogP contribution is 2.23. The standard InChI is InChI=1S/C23H32N2O4/c1-5-18-9-10-19(21(15-18)29-13-7-12-28-4)16-24-23(27)20-8-6-11-25(20)22(26)14-17(2)3/h1,9-10,15,17,20H,6-8,11-14,16H2,2-4H3,(H,24,27). The van der Waals surface area contributed by atoms with Crippen molar-refractivity contribution in [3.8, 4) is 18.1 Å². The molecule has 158 valence electrons. The Morgan fingerprint density at radius 1 is 1.34 bits per heavy atom. The smallest absolute Gasteiger partial charge is 0.243 e. The lowest BCUT2D eigenvalue weighted by molar-refractivity contribution is -0.139. The van der Waals surface area contributed by atoms with Crippen molar-refractivity contribution in [2.45, 2.75) is 52.1 Å². The number of terminal acetylenes is 1. The molecule has 0 aromatic heterocycles. The molecule has 6 nitrogen and oxygen atoms in total. The lowest BCUT2D eigenvalue weighted by Crippen LogP contribution is -2.46. The van der Waals surface area contributed by atoms with Gasteiger partial charge in [0.2, 0.25) is 11.8 Å². The van der Waals surface area contributed by atoms with Crippen molar-refractivity contribution in [1.82, 2.24) is 10.2 Å². The molecule has 0 bridgehead atoms. The Labute approximate surface area is 173 Å². The Balaban J connectivity index is 1.99. The largest absolute Gasteiger partial charge is 0.493 e. The number of carbonyl (C=O) groups excluding carboxylic acids is 2. The first-order valence-corrected chi connectivity index (χ1v) is 10.2. The van der Waals surface area contributed by atoms with E-state index in [2.05, 4.69) is 11.2 Å². The fraction of sp³-hybridized carbons (Fsp3) is 0.565. The molecule has 0 radical (unpaired) electrons. The lowest BCUT2D eigenvalue weighted by atomic mass is 10.1. The first-order chi connectivity index (χ1) is 14.0. The molecule has 0 spiro atoms. The molecule has 6 heteroatoms. The molecular formula is C23H32N2O4. The van der Waals surface area contributed by atoms with E-state index in [1.165, 1.54) is 0 Å². The molecule has 1 unspecified atom stereocenters. The number of methoxy groups -OCH3 is 1. The van der Waals surface area contributed by atoms with Gasteiger partial charge in [-0.05, 0) is 30.9 Å². The Morgan fingerprint density at radius 2 is 2.14 bits per heavy atom. The maximum absolute atomic E-state index is 12.8. The maximum Gasteiger partial charge on any atom is 0.243 e. The predicted molar refractivity (Wildman–Crippen MR) is 112 cm³/mol. The van der Waals surface area contributed by atoms with E-state index in [1.807, 2.05) is 32.0 Å². The molecule has 1 aromatic carbocycles. The minimum Gasteiger partial charge on any atom is -0.493 e. The molecular weight excluding hydrogens is 368 g/mol. The minimum atomic E-state index is -0.391. The van der Waals surface area contributed by atoms with Crippen LogP contribution >= 0.6 is 0 Å². The van der Waals surface area contributed by atoms with Gasteiger partial charge in [0.1, 0.15) is 11.8 Å². The SMILES string of the molecule is C#Cc1ccc(CNC(=O)C2CCCN2C(=O)CC(C)C)c(OCCCOC)c1. The summed E-state index contributed by atoms with van der Waals surface area (Å²) in [5.41, 5.74) is 1.58. The van der Waals surface area contributed by atoms with Crippen molar-refractivity contribution in [2.24, 2.45) is 5.92 Å². The quantitative estimate of drug-likeness (QED) is 0.484. The molecule has 1 aliphatic heterocycles. The number of nitrogens with zero attached hydrogens (tertiary/aromatic N) is 1. The lowest BCUT2D eigenvalue weighted by Gasteiger charge is -2.25. The molecule has 1 aliphatic rings. The number of benzene rings is 1. The van der Waals surface area contributed by atoms with E-state index in [9.17, 15) is 9.59 Å². The number of rotatable bonds is 10. The summed E-state index contributed by atoms with van der Waals surface area (Å²) in [4.78, 5) is 26.9. The number of carbonyl (C=O) groups is 2. The van der Waals surface area contributed by atoms with Crippen LogP contribution in [0.25, 0.3) is 0 Å². The summed E-state index contributed by atoms with van der Waals surface area (Å²) in [5, 5.41) is 2.97. The second-order valence-corrected chi connectivity index (χ2v) is 7.72. The molecule has 1 aromatic rings. The molecule has 29 heavy (non-hydrogen) atoms. The zero-order chi connectivity index (χ0) is 21.2. The van der Waals surface area contributed by atoms with E-state index < -0.39 is 6.04 Å². The van der Waals surface area contributed by atoms with Crippen LogP contribution in [-0.4, -0.2) is 49.6 Å². The summed E-state index contributed by atoms with van der Waals surface area (Å²) in [6.07, 6.45) is 8.28. The zero-order valence-electron chi connectivity index (χ0n) is 17.7. The average Bonchev–Trinajstić information content (AvgIpc) is 3.19. The van der Waals surface area contributed by atoms with E-state index in [4.69, 9.17) is 15.9 Å². The summed E-state index contributed by atoms with van der Waals surface area (Å²) in [5.74, 6) is 3.48. The number of hydrogen-bond donors (Lipinski definition) is 1. The molecule has 1 atom stereocenters. The summed E-state index contributed by atoms with van der Waals surface area (Å²) < 4.78 is 10.9. The van der Waals surface area contributed by atoms with Gasteiger partial charge in [-0.15, -0.1) is 6.42 Å². The Kier molecular flexibility index (Phi) is 9.01. The normalized spacial score (nSPS) is 16.0. The molecule has 2 rings (SSSR count).